The van der Waals surface area contributed by atoms with Gasteiger partial charge in [-0.3, -0.25) is 10.4 Å². The number of halogens is 2. The van der Waals surface area contributed by atoms with Crippen LogP contribution in [0.2, 0.25) is 10.0 Å². The van der Waals surface area contributed by atoms with E-state index in [1.807, 2.05) is 12.1 Å². The number of rotatable bonds is 7. The molecule has 176 valence electrons. The number of aromatic nitrogens is 2. The van der Waals surface area contributed by atoms with Crippen LogP contribution in [0.4, 0.5) is 11.5 Å². The lowest BCUT2D eigenvalue weighted by Crippen LogP contribution is -2.71. The quantitative estimate of drug-likeness (QED) is 0.335. The predicted octanol–water partition coefficient (Wildman–Crippen LogP) is 3.78. The Balaban J connectivity index is 1.35. The van der Waals surface area contributed by atoms with E-state index in [4.69, 9.17) is 43.8 Å². The van der Waals surface area contributed by atoms with E-state index in [1.54, 1.807) is 18.3 Å². The minimum absolute atomic E-state index is 0.107. The maximum atomic E-state index is 8.75. The molecule has 0 atom stereocenters. The molecular formula is C24H24Cl2N6O2. The van der Waals surface area contributed by atoms with Gasteiger partial charge < -0.3 is 25.4 Å². The Hall–Kier alpha value is -3.07. The summed E-state index contributed by atoms with van der Waals surface area (Å²) in [7, 11) is 1.53. The molecule has 0 saturated carbocycles. The van der Waals surface area contributed by atoms with Crippen LogP contribution in [0.15, 0.2) is 42.9 Å². The molecule has 2 fully saturated rings. The predicted molar refractivity (Wildman–Crippen MR) is 134 cm³/mol. The third-order valence-electron chi connectivity index (χ3n) is 6.34. The number of nitrogens with one attached hydrogen (secondary N) is 2. The monoisotopic (exact) mass is 498 g/mol. The van der Waals surface area contributed by atoms with Crippen LogP contribution < -0.4 is 25.4 Å². The van der Waals surface area contributed by atoms with E-state index >= 15 is 0 Å². The van der Waals surface area contributed by atoms with Crippen LogP contribution >= 0.6 is 23.2 Å². The van der Waals surface area contributed by atoms with E-state index in [1.165, 1.54) is 19.5 Å². The number of hydrogen-bond acceptors (Lipinski definition) is 8. The van der Waals surface area contributed by atoms with Crippen LogP contribution in [0.25, 0.3) is 0 Å². The minimum Gasteiger partial charge on any atom is -0.493 e. The Morgan fingerprint density at radius 3 is 2.47 bits per heavy atom. The van der Waals surface area contributed by atoms with E-state index in [9.17, 15) is 0 Å². The van der Waals surface area contributed by atoms with Crippen molar-refractivity contribution in [3.63, 3.8) is 0 Å². The van der Waals surface area contributed by atoms with Crippen LogP contribution in [0.1, 0.15) is 16.7 Å². The van der Waals surface area contributed by atoms with Gasteiger partial charge in [-0.05, 0) is 18.2 Å². The molecule has 0 bridgehead atoms. The third kappa shape index (κ3) is 4.13. The van der Waals surface area contributed by atoms with E-state index in [2.05, 4.69) is 20.2 Å². The van der Waals surface area contributed by atoms with Crippen LogP contribution in [-0.4, -0.2) is 49.0 Å². The first-order chi connectivity index (χ1) is 16.4. The van der Waals surface area contributed by atoms with E-state index in [0.717, 1.165) is 32.0 Å². The SMILES string of the molecule is COc1cc(N)c(C(=N)c2ccc(N3CC4(CNC4)C3)nc2)cc1OCc1c(Cl)cncc1Cl. The van der Waals surface area contributed by atoms with Crippen LogP contribution in [-0.2, 0) is 6.61 Å². The Labute approximate surface area is 207 Å². The normalized spacial score (nSPS) is 16.0. The molecule has 2 saturated heterocycles. The maximum Gasteiger partial charge on any atom is 0.162 e. The summed E-state index contributed by atoms with van der Waals surface area (Å²) in [6.45, 7) is 4.29. The number of nitrogens with zero attached hydrogens (tertiary/aromatic N) is 3. The molecule has 4 heterocycles. The summed E-state index contributed by atoms with van der Waals surface area (Å²) in [5, 5.41) is 12.9. The first-order valence-corrected chi connectivity index (χ1v) is 11.5. The van der Waals surface area contributed by atoms with Crippen molar-refractivity contribution in [3.8, 4) is 11.5 Å². The van der Waals surface area contributed by atoms with E-state index < -0.39 is 0 Å². The van der Waals surface area contributed by atoms with Crippen molar-refractivity contribution < 1.29 is 9.47 Å². The molecule has 1 aromatic carbocycles. The molecule has 0 amide bonds. The van der Waals surface area contributed by atoms with E-state index in [-0.39, 0.29) is 12.3 Å². The number of hydrogen-bond donors (Lipinski definition) is 3. The number of pyridine rings is 2. The summed E-state index contributed by atoms with van der Waals surface area (Å²) in [6, 6.07) is 7.18. The second-order valence-corrected chi connectivity index (χ2v) is 9.51. The zero-order valence-electron chi connectivity index (χ0n) is 18.6. The van der Waals surface area contributed by atoms with Crippen molar-refractivity contribution in [1.29, 1.82) is 5.41 Å². The highest BCUT2D eigenvalue weighted by Gasteiger charge is 2.47. The summed E-state index contributed by atoms with van der Waals surface area (Å²) in [6.07, 6.45) is 4.73. The second kappa shape index (κ2) is 8.94. The summed E-state index contributed by atoms with van der Waals surface area (Å²) in [5.41, 5.74) is 9.11. The number of nitrogen functional groups attached to an aromatic ring is 1. The molecule has 10 heteroatoms. The number of benzene rings is 1. The average molecular weight is 499 g/mol. The minimum atomic E-state index is 0.107. The summed E-state index contributed by atoms with van der Waals surface area (Å²) >= 11 is 12.4. The fourth-order valence-corrected chi connectivity index (χ4v) is 4.77. The number of methoxy groups -OCH3 is 1. The molecular weight excluding hydrogens is 475 g/mol. The average Bonchev–Trinajstić information content (AvgIpc) is 2.77. The van der Waals surface area contributed by atoms with Crippen LogP contribution in [0.5, 0.6) is 11.5 Å². The van der Waals surface area contributed by atoms with Gasteiger partial charge in [-0.2, -0.15) is 0 Å². The lowest BCUT2D eigenvalue weighted by molar-refractivity contribution is 0.120. The highest BCUT2D eigenvalue weighted by Crippen LogP contribution is 2.37. The Morgan fingerprint density at radius 2 is 1.88 bits per heavy atom. The van der Waals surface area contributed by atoms with Gasteiger partial charge in [0.1, 0.15) is 12.4 Å². The number of ether oxygens (including phenoxy) is 2. The van der Waals surface area contributed by atoms with Gasteiger partial charge in [0.05, 0.1) is 22.9 Å². The van der Waals surface area contributed by atoms with Gasteiger partial charge in [-0.25, -0.2) is 4.98 Å². The van der Waals surface area contributed by atoms with Gasteiger partial charge in [0.25, 0.3) is 0 Å². The first-order valence-electron chi connectivity index (χ1n) is 10.8. The maximum absolute atomic E-state index is 8.75. The van der Waals surface area contributed by atoms with E-state index in [0.29, 0.717) is 49.3 Å². The van der Waals surface area contributed by atoms with Crippen molar-refractivity contribution >= 4 is 40.4 Å². The molecule has 4 N–H and O–H groups in total. The Morgan fingerprint density at radius 1 is 1.15 bits per heavy atom. The van der Waals surface area contributed by atoms with Crippen LogP contribution in [0.3, 0.4) is 0 Å². The molecule has 8 nitrogen and oxygen atoms in total. The van der Waals surface area contributed by atoms with Gasteiger partial charge in [0.15, 0.2) is 11.5 Å². The second-order valence-electron chi connectivity index (χ2n) is 8.70. The number of nitrogens with two attached hydrogens (primary N) is 1. The zero-order chi connectivity index (χ0) is 23.9. The molecule has 2 aromatic heterocycles. The van der Waals surface area contributed by atoms with Crippen molar-refractivity contribution in [2.24, 2.45) is 5.41 Å². The fourth-order valence-electron chi connectivity index (χ4n) is 4.29. The van der Waals surface area contributed by atoms with Crippen molar-refractivity contribution in [3.05, 3.63) is 69.6 Å². The molecule has 34 heavy (non-hydrogen) atoms. The highest BCUT2D eigenvalue weighted by molar-refractivity contribution is 6.35. The van der Waals surface area contributed by atoms with Gasteiger partial charge >= 0.3 is 0 Å². The molecule has 3 aromatic rings. The molecule has 0 aliphatic carbocycles. The van der Waals surface area contributed by atoms with Crippen molar-refractivity contribution in [2.45, 2.75) is 6.61 Å². The Bertz CT molecular complexity index is 1220. The lowest BCUT2D eigenvalue weighted by atomic mass is 9.74. The van der Waals surface area contributed by atoms with Gasteiger partial charge in [-0.1, -0.05) is 23.2 Å². The molecule has 1 spiro atoms. The standard InChI is InChI=1S/C24H24Cl2N6O2/c1-33-20-5-19(27)15(4-21(20)34-9-16-17(25)7-29-8-18(16)26)23(28)14-2-3-22(31-6-14)32-12-24(13-32)10-30-11-24/h2-8,28,30H,9-13,27H2,1H3. The Kier molecular flexibility index (Phi) is 5.97. The largest absolute Gasteiger partial charge is 0.493 e. The first kappa shape index (κ1) is 22.7. The van der Waals surface area contributed by atoms with Gasteiger partial charge in [0.2, 0.25) is 0 Å². The zero-order valence-corrected chi connectivity index (χ0v) is 20.1. The third-order valence-corrected chi connectivity index (χ3v) is 6.99. The summed E-state index contributed by atoms with van der Waals surface area (Å²) in [5.74, 6) is 1.79. The summed E-state index contributed by atoms with van der Waals surface area (Å²) in [4.78, 5) is 10.8. The van der Waals surface area contributed by atoms with Gasteiger partial charge in [-0.15, -0.1) is 0 Å². The molecule has 2 aliphatic rings. The highest BCUT2D eigenvalue weighted by atomic mass is 35.5. The van der Waals surface area contributed by atoms with Crippen molar-refractivity contribution in [1.82, 2.24) is 15.3 Å². The molecule has 0 radical (unpaired) electrons. The topological polar surface area (TPSA) is 109 Å². The molecule has 0 unspecified atom stereocenters. The fraction of sp³-hybridized carbons (Fsp3) is 0.292. The number of anilines is 2. The van der Waals surface area contributed by atoms with Crippen LogP contribution in [0, 0.1) is 10.8 Å². The lowest BCUT2D eigenvalue weighted by Gasteiger charge is -2.56. The molecule has 5 rings (SSSR count). The molecule has 2 aliphatic heterocycles. The summed E-state index contributed by atoms with van der Waals surface area (Å²) < 4.78 is 11.4. The van der Waals surface area contributed by atoms with Gasteiger partial charge in [0, 0.05) is 78.6 Å². The smallest absolute Gasteiger partial charge is 0.162 e. The van der Waals surface area contributed by atoms with Crippen molar-refractivity contribution in [2.75, 3.05) is 43.9 Å².